The minimum absolute atomic E-state index is 0.0459. The minimum atomic E-state index is -0.661. The first kappa shape index (κ1) is 3.76. The molecule has 0 aliphatic carbocycles. The van der Waals surface area contributed by atoms with E-state index >= 15 is 0 Å². The van der Waals surface area contributed by atoms with Crippen molar-refractivity contribution >= 4 is 0 Å². The maximum absolute atomic E-state index is 11.3. The van der Waals surface area contributed by atoms with Gasteiger partial charge in [0.05, 0.1) is 11.2 Å². The molecule has 1 aromatic rings. The molecule has 0 saturated carbocycles. The molecule has 0 spiro atoms. The van der Waals surface area contributed by atoms with Gasteiger partial charge in [-0.25, -0.2) is 0 Å². The van der Waals surface area contributed by atoms with Gasteiger partial charge in [-0.3, -0.25) is 4.79 Å². The lowest BCUT2D eigenvalue weighted by molar-refractivity contribution is 0.411. The van der Waals surface area contributed by atoms with Gasteiger partial charge in [-0.1, -0.05) is 18.2 Å². The van der Waals surface area contributed by atoms with Gasteiger partial charge in [0.2, 0.25) is 5.43 Å². The molecule has 0 radical (unpaired) electrons. The van der Waals surface area contributed by atoms with E-state index in [1.807, 2.05) is 0 Å². The second kappa shape index (κ2) is 3.01. The molecule has 0 heterocycles. The Hall–Kier alpha value is -1.31. The van der Waals surface area contributed by atoms with Crippen LogP contribution in [-0.2, 0) is 0 Å². The Morgan fingerprint density at radius 2 is 2.20 bits per heavy atom. The molecule has 0 aliphatic heterocycles. The van der Waals surface area contributed by atoms with E-state index in [1.54, 1.807) is 0 Å². The largest absolute Gasteiger partial charge is 0.493 e. The third-order valence-electron chi connectivity index (χ3n) is 0.984. The summed E-state index contributed by atoms with van der Waals surface area (Å²) >= 11 is 0. The van der Waals surface area contributed by atoms with Crippen molar-refractivity contribution in [2.45, 2.75) is 0 Å². The molecule has 0 bridgehead atoms. The quantitative estimate of drug-likeness (QED) is 0.581. The van der Waals surface area contributed by atoms with Gasteiger partial charge in [0, 0.05) is 0 Å². The Bertz CT molecular complexity index is 390. The van der Waals surface area contributed by atoms with Crippen LogP contribution in [0.5, 0.6) is 5.75 Å². The fourth-order valence-corrected chi connectivity index (χ4v) is 0.539. The standard InChI is InChI=1S/C8H8O2/c1-10-8-6-4-2-3-5-7(8)9/h2-6H,1H3/i2D,5D,6D. The summed E-state index contributed by atoms with van der Waals surface area (Å²) < 4.78 is 26.5. The molecule has 1 aromatic carbocycles. The highest BCUT2D eigenvalue weighted by atomic mass is 16.5. The van der Waals surface area contributed by atoms with Crippen molar-refractivity contribution in [2.75, 3.05) is 7.11 Å². The molecular weight excluding hydrogens is 128 g/mol. The fraction of sp³-hybridized carbons (Fsp3) is 0.125. The Balaban J connectivity index is 3.64. The Kier molecular flexibility index (Phi) is 1.13. The summed E-state index contributed by atoms with van der Waals surface area (Å²) in [6.07, 6.45) is 0. The first-order valence-electron chi connectivity index (χ1n) is 4.22. The lowest BCUT2D eigenvalue weighted by Gasteiger charge is -1.89. The zero-order chi connectivity index (χ0) is 10.0. The van der Waals surface area contributed by atoms with Crippen LogP contribution in [0.15, 0.2) is 35.1 Å². The topological polar surface area (TPSA) is 26.3 Å². The normalized spacial score (nSPS) is 13.1. The highest BCUT2D eigenvalue weighted by molar-refractivity contribution is 5.19. The molecule has 0 fully saturated rings. The summed E-state index contributed by atoms with van der Waals surface area (Å²) in [5.74, 6) is -0.191. The lowest BCUT2D eigenvalue weighted by atomic mass is 10.5. The molecule has 10 heavy (non-hydrogen) atoms. The highest BCUT2D eigenvalue weighted by Crippen LogP contribution is 1.97. The van der Waals surface area contributed by atoms with Crippen LogP contribution >= 0.6 is 0 Å². The van der Waals surface area contributed by atoms with Gasteiger partial charge in [-0.05, 0) is 12.1 Å². The van der Waals surface area contributed by atoms with Crippen molar-refractivity contribution in [3.63, 3.8) is 0 Å². The smallest absolute Gasteiger partial charge is 0.220 e. The van der Waals surface area contributed by atoms with E-state index < -0.39 is 5.43 Å². The predicted molar refractivity (Wildman–Crippen MR) is 39.3 cm³/mol. The zero-order valence-electron chi connectivity index (χ0n) is 8.47. The molecule has 52 valence electrons. The summed E-state index contributed by atoms with van der Waals surface area (Å²) in [7, 11) is 1.26. The number of ether oxygens (including phenoxy) is 1. The monoisotopic (exact) mass is 139 g/mol. The molecule has 0 N–H and O–H groups in total. The van der Waals surface area contributed by atoms with Crippen molar-refractivity contribution in [1.29, 1.82) is 0 Å². The van der Waals surface area contributed by atoms with Gasteiger partial charge in [0.15, 0.2) is 5.75 Å². The molecule has 0 amide bonds. The third-order valence-corrected chi connectivity index (χ3v) is 0.984. The Morgan fingerprint density at radius 3 is 2.90 bits per heavy atom. The minimum Gasteiger partial charge on any atom is -0.493 e. The number of methoxy groups -OCH3 is 1. The molecular formula is C8H8O2. The Labute approximate surface area is 63.3 Å². The van der Waals surface area contributed by atoms with Crippen LogP contribution in [0.4, 0.5) is 0 Å². The van der Waals surface area contributed by atoms with Crippen LogP contribution in [-0.4, -0.2) is 7.11 Å². The summed E-state index contributed by atoms with van der Waals surface area (Å²) in [6, 6.07) is 1.70. The van der Waals surface area contributed by atoms with Crippen LogP contribution in [0.3, 0.4) is 0 Å². The number of hydrogen-bond acceptors (Lipinski definition) is 2. The SMILES string of the molecule is [2H]c1cc([2H])c(OC)c(=O)c([2H])c1. The van der Waals surface area contributed by atoms with E-state index in [-0.39, 0.29) is 23.9 Å². The molecule has 0 aliphatic rings. The highest BCUT2D eigenvalue weighted by Gasteiger charge is 1.90. The maximum atomic E-state index is 11.3. The molecule has 0 saturated heterocycles. The maximum Gasteiger partial charge on any atom is 0.220 e. The zero-order valence-corrected chi connectivity index (χ0v) is 5.47. The van der Waals surface area contributed by atoms with Crippen LogP contribution < -0.4 is 10.2 Å². The first-order valence-corrected chi connectivity index (χ1v) is 2.72. The van der Waals surface area contributed by atoms with E-state index in [2.05, 4.69) is 4.74 Å². The fourth-order valence-electron chi connectivity index (χ4n) is 0.539. The average molecular weight is 139 g/mol. The van der Waals surface area contributed by atoms with Gasteiger partial charge >= 0.3 is 0 Å². The van der Waals surface area contributed by atoms with Gasteiger partial charge < -0.3 is 4.74 Å². The molecule has 0 aromatic heterocycles. The molecule has 2 nitrogen and oxygen atoms in total. The number of hydrogen-bond donors (Lipinski definition) is 0. The van der Waals surface area contributed by atoms with Crippen molar-refractivity contribution in [3.05, 3.63) is 40.5 Å². The van der Waals surface area contributed by atoms with Crippen molar-refractivity contribution in [2.24, 2.45) is 0 Å². The van der Waals surface area contributed by atoms with E-state index in [0.717, 1.165) is 12.1 Å². The predicted octanol–water partition coefficient (Wildman–Crippen LogP) is 1.06. The van der Waals surface area contributed by atoms with Gasteiger partial charge in [0.1, 0.15) is 0 Å². The summed E-state index contributed by atoms with van der Waals surface area (Å²) in [6.45, 7) is 0. The average Bonchev–Trinajstić information content (AvgIpc) is 2.11. The van der Waals surface area contributed by atoms with Gasteiger partial charge in [-0.2, -0.15) is 0 Å². The number of rotatable bonds is 1. The summed E-state index contributed by atoms with van der Waals surface area (Å²) in [5.41, 5.74) is -0.661. The Morgan fingerprint density at radius 1 is 1.50 bits per heavy atom. The third kappa shape index (κ3) is 1.35. The van der Waals surface area contributed by atoms with Crippen LogP contribution in [0.2, 0.25) is 0 Å². The lowest BCUT2D eigenvalue weighted by Crippen LogP contribution is -1.98. The molecule has 2 heteroatoms. The van der Waals surface area contributed by atoms with E-state index in [1.165, 1.54) is 7.11 Å². The van der Waals surface area contributed by atoms with Crippen molar-refractivity contribution < 1.29 is 8.85 Å². The van der Waals surface area contributed by atoms with Crippen LogP contribution in [0.1, 0.15) is 4.11 Å². The van der Waals surface area contributed by atoms with Crippen molar-refractivity contribution in [1.82, 2.24) is 0 Å². The molecule has 1 rings (SSSR count). The molecule has 0 atom stereocenters. The van der Waals surface area contributed by atoms with Crippen LogP contribution in [0.25, 0.3) is 0 Å². The molecule has 0 unspecified atom stereocenters. The van der Waals surface area contributed by atoms with E-state index in [4.69, 9.17) is 4.11 Å². The first-order chi connectivity index (χ1) is 6.06. The second-order valence-corrected chi connectivity index (χ2v) is 1.61. The second-order valence-electron chi connectivity index (χ2n) is 1.61. The van der Waals surface area contributed by atoms with Crippen LogP contribution in [0, 0.1) is 0 Å². The van der Waals surface area contributed by atoms with E-state index in [0.29, 0.717) is 0 Å². The van der Waals surface area contributed by atoms with Gasteiger partial charge in [0.25, 0.3) is 0 Å². The van der Waals surface area contributed by atoms with E-state index in [9.17, 15) is 4.79 Å². The summed E-state index contributed by atoms with van der Waals surface area (Å²) in [5, 5.41) is 0. The van der Waals surface area contributed by atoms with Gasteiger partial charge in [-0.15, -0.1) is 0 Å². The van der Waals surface area contributed by atoms with Crippen molar-refractivity contribution in [3.8, 4) is 5.75 Å². The summed E-state index contributed by atoms with van der Waals surface area (Å²) in [4.78, 5) is 11.3.